The number of nitrogens with zero attached hydrogens (tertiary/aromatic N) is 1. The van der Waals surface area contributed by atoms with Crippen LogP contribution in [0.1, 0.15) is 27.1 Å². The molecule has 0 bridgehead atoms. The van der Waals surface area contributed by atoms with E-state index in [4.69, 9.17) is 9.11 Å². The van der Waals surface area contributed by atoms with Crippen molar-refractivity contribution >= 4 is 68.2 Å². The Morgan fingerprint density at radius 3 is 1.90 bits per heavy atom. The van der Waals surface area contributed by atoms with Crippen LogP contribution in [0.15, 0.2) is 0 Å². The van der Waals surface area contributed by atoms with E-state index in [1.807, 2.05) is 0 Å². The molecule has 0 aliphatic carbocycles. The maximum Gasteiger partial charge on any atom is 1.00 e. The van der Waals surface area contributed by atoms with E-state index in [0.717, 1.165) is 24.3 Å². The van der Waals surface area contributed by atoms with Gasteiger partial charge >= 0.3 is 1.43 Å². The van der Waals surface area contributed by atoms with Crippen LogP contribution in [0.25, 0.3) is 0 Å². The zero-order valence-corrected chi connectivity index (χ0v) is 19.3. The van der Waals surface area contributed by atoms with Crippen molar-refractivity contribution in [2.45, 2.75) is 30.4 Å². The minimum absolute atomic E-state index is 0. The third kappa shape index (κ3) is 10.4. The molecule has 0 atom stereocenters. The van der Waals surface area contributed by atoms with Crippen molar-refractivity contribution in [1.29, 1.82) is 0 Å². The van der Waals surface area contributed by atoms with Crippen molar-refractivity contribution in [2.75, 3.05) is 13.1 Å². The van der Waals surface area contributed by atoms with E-state index in [1.165, 1.54) is 0 Å². The zero-order valence-electron chi connectivity index (χ0n) is 11.8. The molecule has 21 heavy (non-hydrogen) atoms. The van der Waals surface area contributed by atoms with Gasteiger partial charge in [-0.3, -0.25) is 9.11 Å². The van der Waals surface area contributed by atoms with Gasteiger partial charge in [-0.15, -0.1) is 48.0 Å². The average Bonchev–Trinajstić information content (AvgIpc) is 2.27. The molecular formula is C7H20I3N3O6S2. The summed E-state index contributed by atoms with van der Waals surface area (Å²) in [6.07, 6.45) is 3.11. The normalized spacial score (nSPS) is 18.2. The summed E-state index contributed by atoms with van der Waals surface area (Å²) >= 11 is 0. The van der Waals surface area contributed by atoms with Crippen LogP contribution in [0.2, 0.25) is 0 Å². The Hall–Kier alpha value is 1.89. The minimum atomic E-state index is -4.98. The summed E-state index contributed by atoms with van der Waals surface area (Å²) in [6.45, 7) is 0.567. The molecule has 1 saturated heterocycles. The summed E-state index contributed by atoms with van der Waals surface area (Å²) in [5, 5.41) is 0.760. The van der Waals surface area contributed by atoms with Crippen LogP contribution >= 0.6 is 48.0 Å². The minimum Gasteiger partial charge on any atom is -1.00 e. The first-order valence-electron chi connectivity index (χ1n) is 5.40. The van der Waals surface area contributed by atoms with Crippen molar-refractivity contribution in [1.82, 2.24) is 16.0 Å². The van der Waals surface area contributed by atoms with Gasteiger partial charge in [0, 0.05) is 13.1 Å². The zero-order chi connectivity index (χ0) is 13.8. The molecule has 0 saturated carbocycles. The Labute approximate surface area is 177 Å². The van der Waals surface area contributed by atoms with Gasteiger partial charge in [0.2, 0.25) is 0 Å². The number of hydrogen-bond donors (Lipinski definition) is 4. The Kier molecular flexibility index (Phi) is 16.2. The fourth-order valence-corrected chi connectivity index (χ4v) is 3.88. The molecule has 14 heteroatoms. The first-order chi connectivity index (χ1) is 8.23. The highest BCUT2D eigenvalue weighted by Crippen LogP contribution is 2.13. The number of hydrazine groups is 2. The Bertz CT molecular complexity index is 438. The van der Waals surface area contributed by atoms with Crippen molar-refractivity contribution in [3.63, 3.8) is 0 Å². The molecule has 1 fully saturated rings. The molecule has 0 aromatic rings. The molecule has 0 aromatic heterocycles. The largest absolute Gasteiger partial charge is 1.00 e. The molecule has 0 radical (unpaired) electrons. The van der Waals surface area contributed by atoms with Crippen LogP contribution < -0.4 is 34.9 Å². The number of nitrogens with one attached hydrogen (secondary N) is 2. The van der Waals surface area contributed by atoms with Crippen LogP contribution in [-0.4, -0.2) is 48.7 Å². The third-order valence-electron chi connectivity index (χ3n) is 2.44. The molecular weight excluding hydrogens is 667 g/mol. The molecule has 0 unspecified atom stereocenters. The van der Waals surface area contributed by atoms with Gasteiger partial charge in [0.1, 0.15) is 0 Å². The molecule has 4 N–H and O–H groups in total. The lowest BCUT2D eigenvalue weighted by molar-refractivity contribution is -0.0000132. The van der Waals surface area contributed by atoms with Gasteiger partial charge in [-0.25, -0.2) is 5.43 Å². The van der Waals surface area contributed by atoms with Gasteiger partial charge < -0.3 is 24.0 Å². The predicted molar refractivity (Wildman–Crippen MR) is 95.1 cm³/mol. The van der Waals surface area contributed by atoms with Crippen molar-refractivity contribution in [3.05, 3.63) is 0 Å². The highest BCUT2D eigenvalue weighted by Gasteiger charge is 2.41. The molecule has 1 aliphatic rings. The van der Waals surface area contributed by atoms with Gasteiger partial charge in [-0.1, -0.05) is 12.8 Å². The molecule has 1 rings (SSSR count). The Morgan fingerprint density at radius 1 is 0.952 bits per heavy atom. The second-order valence-electron chi connectivity index (χ2n) is 3.98. The topological polar surface area (TPSA) is 136 Å². The Morgan fingerprint density at radius 2 is 1.43 bits per heavy atom. The number of hydrogen-bond acceptors (Lipinski definition) is 7. The maximum atomic E-state index is 11.1. The van der Waals surface area contributed by atoms with Gasteiger partial charge in [0.15, 0.2) is 0 Å². The van der Waals surface area contributed by atoms with E-state index in [0.29, 0.717) is 13.0 Å². The summed E-state index contributed by atoms with van der Waals surface area (Å²) in [5.74, 6) is 0. The van der Waals surface area contributed by atoms with E-state index in [9.17, 15) is 16.8 Å². The van der Waals surface area contributed by atoms with Crippen LogP contribution in [0.3, 0.4) is 0 Å². The summed E-state index contributed by atoms with van der Waals surface area (Å²) < 4.78 is 59.7. The number of rotatable bonds is 3. The fourth-order valence-electron chi connectivity index (χ4n) is 1.70. The van der Waals surface area contributed by atoms with Crippen LogP contribution in [0.5, 0.6) is 0 Å². The number of halogens is 3. The first-order valence-corrected chi connectivity index (χ1v) is 8.41. The smallest absolute Gasteiger partial charge is 1.00 e. The SMILES string of the molecule is I.I.O=S(=O)(O)C(N1CCCCCCNN1)S(=O)(=O)O.[H+].[I-]. The molecule has 1 aliphatic heterocycles. The second kappa shape index (κ2) is 12.3. The molecule has 132 valence electrons. The van der Waals surface area contributed by atoms with Crippen molar-refractivity contribution in [3.8, 4) is 0 Å². The van der Waals surface area contributed by atoms with Crippen molar-refractivity contribution in [2.24, 2.45) is 0 Å². The van der Waals surface area contributed by atoms with Gasteiger partial charge in [-0.2, -0.15) is 27.4 Å². The average molecular weight is 687 g/mol. The molecule has 0 aromatic carbocycles. The Balaban J connectivity index is -0.000000405. The van der Waals surface area contributed by atoms with E-state index in [-0.39, 0.29) is 79.9 Å². The summed E-state index contributed by atoms with van der Waals surface area (Å²) in [5.41, 5.74) is 5.01. The fraction of sp³-hybridized carbons (Fsp3) is 1.00. The molecule has 0 amide bonds. The molecule has 0 spiro atoms. The van der Waals surface area contributed by atoms with Gasteiger partial charge in [0.05, 0.1) is 0 Å². The summed E-state index contributed by atoms with van der Waals surface area (Å²) in [4.78, 5) is 0. The lowest BCUT2D eigenvalue weighted by Gasteiger charge is -2.27. The van der Waals surface area contributed by atoms with Gasteiger partial charge in [-0.05, 0) is 12.8 Å². The monoisotopic (exact) mass is 687 g/mol. The van der Waals surface area contributed by atoms with E-state index >= 15 is 0 Å². The quantitative estimate of drug-likeness (QED) is 0.185. The van der Waals surface area contributed by atoms with Crippen LogP contribution in [0.4, 0.5) is 0 Å². The van der Waals surface area contributed by atoms with Crippen LogP contribution in [-0.2, 0) is 20.2 Å². The highest BCUT2D eigenvalue weighted by molar-refractivity contribution is 14.0. The standard InChI is InChI=1S/C7H17N3O6S2.3HI/c11-17(12,13)7(18(14,15)16)10-6-4-2-1-3-5-8-9-10;;;/h7-9H,1-6H2,(H,11,12,13)(H,14,15,16);3*1H. The third-order valence-corrected chi connectivity index (χ3v) is 5.42. The van der Waals surface area contributed by atoms with E-state index in [2.05, 4.69) is 11.0 Å². The van der Waals surface area contributed by atoms with Crippen molar-refractivity contribution < 1.29 is 51.3 Å². The lowest BCUT2D eigenvalue weighted by atomic mass is 10.2. The van der Waals surface area contributed by atoms with Gasteiger partial charge in [0.25, 0.3) is 24.9 Å². The van der Waals surface area contributed by atoms with E-state index < -0.39 is 24.9 Å². The lowest BCUT2D eigenvalue weighted by Crippen LogP contribution is -3.00. The van der Waals surface area contributed by atoms with Crippen LogP contribution in [0, 0.1) is 0 Å². The summed E-state index contributed by atoms with van der Waals surface area (Å²) in [6, 6.07) is 0. The maximum absolute atomic E-state index is 11.1. The summed E-state index contributed by atoms with van der Waals surface area (Å²) in [7, 11) is -9.95. The highest BCUT2D eigenvalue weighted by atomic mass is 127. The predicted octanol–water partition coefficient (Wildman–Crippen LogP) is -2.72. The molecule has 9 nitrogen and oxygen atoms in total. The molecule has 1 heterocycles. The second-order valence-corrected chi connectivity index (χ2v) is 7.23. The van der Waals surface area contributed by atoms with E-state index in [1.54, 1.807) is 0 Å². The first kappa shape index (κ1) is 27.7.